The molecule has 2 heterocycles. The van der Waals surface area contributed by atoms with E-state index in [1.54, 1.807) is 13.8 Å². The smallest absolute Gasteiger partial charge is 0.268 e. The second-order valence-electron chi connectivity index (χ2n) is 7.26. The molecule has 0 saturated carbocycles. The van der Waals surface area contributed by atoms with Crippen molar-refractivity contribution in [3.63, 3.8) is 0 Å². The average Bonchev–Trinajstić information content (AvgIpc) is 3.25. The Bertz CT molecular complexity index is 1260. The number of halogens is 2. The summed E-state index contributed by atoms with van der Waals surface area (Å²) in [6, 6.07) is 13.6. The number of hydrogen-bond donors (Lipinski definition) is 4. The number of aryl methyl sites for hydroxylation is 2. The molecule has 0 aliphatic rings. The summed E-state index contributed by atoms with van der Waals surface area (Å²) in [4.78, 5) is 25.2. The van der Waals surface area contributed by atoms with Gasteiger partial charge < -0.3 is 14.9 Å². The molecular formula is C22H20Br2N4O3. The van der Waals surface area contributed by atoms with Gasteiger partial charge in [-0.25, -0.2) is 0 Å². The van der Waals surface area contributed by atoms with Gasteiger partial charge in [0.1, 0.15) is 12.4 Å². The number of rotatable bonds is 6. The predicted molar refractivity (Wildman–Crippen MR) is 126 cm³/mol. The Hall–Kier alpha value is -2.78. The van der Waals surface area contributed by atoms with Crippen LogP contribution >= 0.6 is 31.9 Å². The van der Waals surface area contributed by atoms with Crippen molar-refractivity contribution >= 4 is 31.9 Å². The second-order valence-corrected chi connectivity index (χ2v) is 8.97. The Morgan fingerprint density at radius 3 is 1.81 bits per heavy atom. The van der Waals surface area contributed by atoms with Gasteiger partial charge in [-0.3, -0.25) is 19.8 Å². The van der Waals surface area contributed by atoms with Gasteiger partial charge in [-0.1, -0.05) is 30.3 Å². The maximum Gasteiger partial charge on any atom is 0.268 e. The summed E-state index contributed by atoms with van der Waals surface area (Å²) >= 11 is 7.20. The molecule has 31 heavy (non-hydrogen) atoms. The summed E-state index contributed by atoms with van der Waals surface area (Å²) in [6.45, 7) is 4.02. The van der Waals surface area contributed by atoms with E-state index in [1.165, 1.54) is 0 Å². The molecule has 0 bridgehead atoms. The van der Waals surface area contributed by atoms with Gasteiger partial charge in [0.25, 0.3) is 11.1 Å². The summed E-state index contributed by atoms with van der Waals surface area (Å²) in [5, 5.41) is 10.9. The molecule has 0 fully saturated rings. The van der Waals surface area contributed by atoms with Crippen molar-refractivity contribution in [2.24, 2.45) is 0 Å². The SMILES string of the molecule is Cc1[nH][nH]c(=O)c1C(c1cc(Br)c(OCc2ccccc2)c(Br)c1)c1c(C)[nH][nH]c1=O. The molecule has 9 heteroatoms. The van der Waals surface area contributed by atoms with Gasteiger partial charge in [-0.15, -0.1) is 0 Å². The lowest BCUT2D eigenvalue weighted by atomic mass is 9.85. The molecule has 0 radical (unpaired) electrons. The zero-order valence-electron chi connectivity index (χ0n) is 16.8. The minimum absolute atomic E-state index is 0.265. The van der Waals surface area contributed by atoms with E-state index in [-0.39, 0.29) is 11.1 Å². The third-order valence-corrected chi connectivity index (χ3v) is 6.36. The molecule has 0 unspecified atom stereocenters. The van der Waals surface area contributed by atoms with Crippen LogP contribution in [0.25, 0.3) is 0 Å². The van der Waals surface area contributed by atoms with E-state index in [1.807, 2.05) is 42.5 Å². The van der Waals surface area contributed by atoms with Crippen molar-refractivity contribution in [2.75, 3.05) is 0 Å². The molecule has 0 amide bonds. The van der Waals surface area contributed by atoms with Gasteiger partial charge in [0.05, 0.1) is 20.1 Å². The number of benzene rings is 2. The molecule has 4 N–H and O–H groups in total. The van der Waals surface area contributed by atoms with Crippen LogP contribution in [-0.2, 0) is 6.61 Å². The lowest BCUT2D eigenvalue weighted by molar-refractivity contribution is 0.302. The van der Waals surface area contributed by atoms with Crippen molar-refractivity contribution in [2.45, 2.75) is 26.4 Å². The second kappa shape index (κ2) is 8.76. The number of nitrogens with one attached hydrogen (secondary N) is 4. The zero-order chi connectivity index (χ0) is 22.1. The number of hydrogen-bond acceptors (Lipinski definition) is 3. The predicted octanol–water partition coefficient (Wildman–Crippen LogP) is 4.62. The number of aromatic amines is 4. The summed E-state index contributed by atoms with van der Waals surface area (Å²) < 4.78 is 7.45. The third-order valence-electron chi connectivity index (χ3n) is 5.18. The van der Waals surface area contributed by atoms with Crippen LogP contribution in [0.4, 0.5) is 0 Å². The van der Waals surface area contributed by atoms with Crippen molar-refractivity contribution in [1.82, 2.24) is 20.4 Å². The summed E-state index contributed by atoms with van der Waals surface area (Å²) in [6.07, 6.45) is 0. The molecule has 4 rings (SSSR count). The highest BCUT2D eigenvalue weighted by molar-refractivity contribution is 9.11. The van der Waals surface area contributed by atoms with Gasteiger partial charge in [-0.2, -0.15) is 0 Å². The van der Waals surface area contributed by atoms with Crippen LogP contribution < -0.4 is 15.9 Å². The van der Waals surface area contributed by atoms with E-state index < -0.39 is 5.92 Å². The molecule has 2 aromatic heterocycles. The first-order chi connectivity index (χ1) is 14.9. The molecule has 7 nitrogen and oxygen atoms in total. The van der Waals surface area contributed by atoms with Crippen LogP contribution in [-0.4, -0.2) is 20.4 Å². The number of H-pyrrole nitrogens is 4. The van der Waals surface area contributed by atoms with E-state index >= 15 is 0 Å². The Labute approximate surface area is 194 Å². The lowest BCUT2D eigenvalue weighted by Crippen LogP contribution is -2.20. The fraction of sp³-hybridized carbons (Fsp3) is 0.182. The summed E-state index contributed by atoms with van der Waals surface area (Å²) in [7, 11) is 0. The van der Waals surface area contributed by atoms with Crippen molar-refractivity contribution in [1.29, 1.82) is 0 Å². The van der Waals surface area contributed by atoms with Crippen molar-refractivity contribution < 1.29 is 4.74 Å². The largest absolute Gasteiger partial charge is 0.487 e. The van der Waals surface area contributed by atoms with Crippen LogP contribution in [0.5, 0.6) is 5.75 Å². The molecule has 0 atom stereocenters. The van der Waals surface area contributed by atoms with Gasteiger partial charge in [0.2, 0.25) is 0 Å². The van der Waals surface area contributed by atoms with Crippen molar-refractivity contribution in [3.05, 3.63) is 106 Å². The van der Waals surface area contributed by atoms with Crippen molar-refractivity contribution in [3.8, 4) is 5.75 Å². The highest BCUT2D eigenvalue weighted by Crippen LogP contribution is 2.40. The first kappa shape index (κ1) is 21.5. The maximum absolute atomic E-state index is 12.6. The topological polar surface area (TPSA) is 107 Å². The number of aromatic nitrogens is 4. The Morgan fingerprint density at radius 1 is 0.839 bits per heavy atom. The minimum Gasteiger partial charge on any atom is -0.487 e. The fourth-order valence-corrected chi connectivity index (χ4v) is 5.15. The van der Waals surface area contributed by atoms with Gasteiger partial charge in [0, 0.05) is 17.3 Å². The van der Waals surface area contributed by atoms with E-state index in [0.29, 0.717) is 43.8 Å². The first-order valence-corrected chi connectivity index (χ1v) is 11.1. The molecule has 4 aromatic rings. The van der Waals surface area contributed by atoms with Crippen LogP contribution in [0.15, 0.2) is 61.0 Å². The minimum atomic E-state index is -0.569. The molecule has 2 aromatic carbocycles. The Kier molecular flexibility index (Phi) is 6.06. The van der Waals surface area contributed by atoms with E-state index in [4.69, 9.17) is 4.74 Å². The van der Waals surface area contributed by atoms with Gasteiger partial charge in [-0.05, 0) is 69.0 Å². The highest BCUT2D eigenvalue weighted by Gasteiger charge is 2.29. The Morgan fingerprint density at radius 2 is 1.35 bits per heavy atom. The Balaban J connectivity index is 1.79. The van der Waals surface area contributed by atoms with E-state index in [2.05, 4.69) is 52.3 Å². The molecule has 0 saturated heterocycles. The molecule has 0 spiro atoms. The fourth-order valence-electron chi connectivity index (χ4n) is 3.70. The quantitative estimate of drug-likeness (QED) is 0.283. The molecule has 0 aliphatic heterocycles. The van der Waals surface area contributed by atoms with Crippen LogP contribution in [0.2, 0.25) is 0 Å². The summed E-state index contributed by atoms with van der Waals surface area (Å²) in [5.41, 5.74) is 3.62. The maximum atomic E-state index is 12.6. The first-order valence-electron chi connectivity index (χ1n) is 9.56. The van der Waals surface area contributed by atoms with Crippen LogP contribution in [0.3, 0.4) is 0 Å². The van der Waals surface area contributed by atoms with Crippen LogP contribution in [0, 0.1) is 13.8 Å². The highest BCUT2D eigenvalue weighted by atomic mass is 79.9. The summed E-state index contributed by atoms with van der Waals surface area (Å²) in [5.74, 6) is 0.0755. The standard InChI is InChI=1S/C22H20Br2N4O3/c1-11-17(21(29)27-25-11)19(18-12(2)26-28-22(18)30)14-8-15(23)20(16(24)9-14)31-10-13-6-4-3-5-7-13/h3-9,19H,10H2,1-2H3,(H2,25,27,29)(H2,26,28,30). The van der Waals surface area contributed by atoms with E-state index in [9.17, 15) is 9.59 Å². The molecule has 160 valence electrons. The van der Waals surface area contributed by atoms with Gasteiger partial charge >= 0.3 is 0 Å². The lowest BCUT2D eigenvalue weighted by Gasteiger charge is -2.19. The third kappa shape index (κ3) is 4.20. The monoisotopic (exact) mass is 546 g/mol. The zero-order valence-corrected chi connectivity index (χ0v) is 20.0. The van der Waals surface area contributed by atoms with E-state index in [0.717, 1.165) is 11.1 Å². The van der Waals surface area contributed by atoms with Crippen LogP contribution in [0.1, 0.15) is 39.6 Å². The molecule has 0 aliphatic carbocycles. The average molecular weight is 548 g/mol. The molecular weight excluding hydrogens is 528 g/mol. The number of ether oxygens (including phenoxy) is 1. The normalized spacial score (nSPS) is 11.3. The van der Waals surface area contributed by atoms with Gasteiger partial charge in [0.15, 0.2) is 0 Å².